The van der Waals surface area contributed by atoms with Gasteiger partial charge < -0.3 is 10.6 Å². The summed E-state index contributed by atoms with van der Waals surface area (Å²) in [5.74, 6) is -0.261. The van der Waals surface area contributed by atoms with Crippen molar-refractivity contribution in [3.05, 3.63) is 58.3 Å². The number of rotatable bonds is 5. The molecule has 4 rings (SSSR count). The van der Waals surface area contributed by atoms with Crippen LogP contribution in [0.4, 0.5) is 11.4 Å². The summed E-state index contributed by atoms with van der Waals surface area (Å²) in [5.41, 5.74) is 3.35. The first-order valence-corrected chi connectivity index (χ1v) is 10.2. The van der Waals surface area contributed by atoms with Crippen LogP contribution in [0.2, 0.25) is 0 Å². The summed E-state index contributed by atoms with van der Waals surface area (Å²) in [4.78, 5) is 30.1. The molecule has 3 aromatic rings. The molecule has 0 saturated heterocycles. The van der Waals surface area contributed by atoms with E-state index in [1.165, 1.54) is 34.2 Å². The maximum Gasteiger partial charge on any atom is 0.256 e. The molecule has 0 spiro atoms. The Balaban J connectivity index is 1.39. The highest BCUT2D eigenvalue weighted by atomic mass is 32.1. The second-order valence-corrected chi connectivity index (χ2v) is 7.79. The van der Waals surface area contributed by atoms with E-state index in [-0.39, 0.29) is 11.8 Å². The van der Waals surface area contributed by atoms with E-state index in [0.717, 1.165) is 24.8 Å². The maximum absolute atomic E-state index is 12.6. The highest BCUT2D eigenvalue weighted by molar-refractivity contribution is 7.10. The summed E-state index contributed by atoms with van der Waals surface area (Å²) in [6.07, 6.45) is 7.31. The molecule has 0 bridgehead atoms. The molecule has 144 valence electrons. The Morgan fingerprint density at radius 2 is 1.82 bits per heavy atom. The van der Waals surface area contributed by atoms with Gasteiger partial charge in [-0.05, 0) is 62.4 Å². The van der Waals surface area contributed by atoms with Gasteiger partial charge in [0.25, 0.3) is 5.91 Å². The van der Waals surface area contributed by atoms with Crippen molar-refractivity contribution in [2.75, 3.05) is 10.6 Å². The third-order valence-electron chi connectivity index (χ3n) is 4.93. The number of aryl methyl sites for hydroxylation is 1. The number of hydrogen-bond acceptors (Lipinski definition) is 5. The van der Waals surface area contributed by atoms with Crippen LogP contribution >= 0.6 is 11.3 Å². The molecule has 2 aromatic heterocycles. The second-order valence-electron chi connectivity index (χ2n) is 6.83. The average molecular weight is 395 g/mol. The highest BCUT2D eigenvalue weighted by Crippen LogP contribution is 2.30. The first-order chi connectivity index (χ1) is 13.6. The SMILES string of the molecule is C[C@@H](C(=O)Nc1ccc(NC(=O)c2csc3c2CCCC3)cc1)n1cncn1. The number of aromatic nitrogens is 3. The summed E-state index contributed by atoms with van der Waals surface area (Å²) < 4.78 is 1.49. The van der Waals surface area contributed by atoms with Crippen molar-refractivity contribution in [2.45, 2.75) is 38.6 Å². The Kier molecular flexibility index (Phi) is 5.21. The van der Waals surface area contributed by atoms with Gasteiger partial charge in [-0.1, -0.05) is 0 Å². The number of benzene rings is 1. The molecule has 2 amide bonds. The minimum absolute atomic E-state index is 0.0732. The van der Waals surface area contributed by atoms with Gasteiger partial charge in [0, 0.05) is 21.6 Å². The lowest BCUT2D eigenvalue weighted by Crippen LogP contribution is -2.24. The monoisotopic (exact) mass is 395 g/mol. The lowest BCUT2D eigenvalue weighted by molar-refractivity contribution is -0.119. The van der Waals surface area contributed by atoms with Crippen LogP contribution in [0, 0.1) is 0 Å². The third-order valence-corrected chi connectivity index (χ3v) is 6.02. The van der Waals surface area contributed by atoms with Gasteiger partial charge in [0.2, 0.25) is 5.91 Å². The highest BCUT2D eigenvalue weighted by Gasteiger charge is 2.20. The van der Waals surface area contributed by atoms with E-state index in [9.17, 15) is 9.59 Å². The molecule has 0 fully saturated rings. The van der Waals surface area contributed by atoms with Gasteiger partial charge in [-0.2, -0.15) is 5.10 Å². The number of hydrogen-bond donors (Lipinski definition) is 2. The minimum atomic E-state index is -0.466. The van der Waals surface area contributed by atoms with E-state index < -0.39 is 6.04 Å². The predicted molar refractivity (Wildman–Crippen MR) is 109 cm³/mol. The van der Waals surface area contributed by atoms with E-state index in [1.54, 1.807) is 42.5 Å². The minimum Gasteiger partial charge on any atom is -0.324 e. The Morgan fingerprint density at radius 1 is 1.11 bits per heavy atom. The average Bonchev–Trinajstić information content (AvgIpc) is 3.39. The molecular formula is C20H21N5O2S. The first kappa shape index (κ1) is 18.4. The smallest absolute Gasteiger partial charge is 0.256 e. The third kappa shape index (κ3) is 3.82. The second kappa shape index (κ2) is 7.93. The van der Waals surface area contributed by atoms with Gasteiger partial charge in [-0.15, -0.1) is 11.3 Å². The number of carbonyl (C=O) groups excluding carboxylic acids is 2. The van der Waals surface area contributed by atoms with Crippen LogP contribution in [-0.4, -0.2) is 26.6 Å². The van der Waals surface area contributed by atoms with Crippen LogP contribution in [0.1, 0.15) is 46.6 Å². The van der Waals surface area contributed by atoms with Crippen molar-refractivity contribution in [1.29, 1.82) is 0 Å². The summed E-state index contributed by atoms with van der Waals surface area (Å²) >= 11 is 1.68. The van der Waals surface area contributed by atoms with Gasteiger partial charge in [-0.25, -0.2) is 9.67 Å². The number of thiophene rings is 1. The van der Waals surface area contributed by atoms with Crippen molar-refractivity contribution in [3.63, 3.8) is 0 Å². The molecule has 28 heavy (non-hydrogen) atoms. The lowest BCUT2D eigenvalue weighted by atomic mass is 9.95. The molecule has 2 N–H and O–H groups in total. The molecule has 2 heterocycles. The van der Waals surface area contributed by atoms with E-state index in [1.807, 2.05) is 5.38 Å². The van der Waals surface area contributed by atoms with Crippen molar-refractivity contribution < 1.29 is 9.59 Å². The van der Waals surface area contributed by atoms with Crippen LogP contribution in [-0.2, 0) is 17.6 Å². The van der Waals surface area contributed by atoms with Gasteiger partial charge in [0.05, 0.1) is 5.56 Å². The largest absolute Gasteiger partial charge is 0.324 e. The zero-order valence-electron chi connectivity index (χ0n) is 15.5. The fraction of sp³-hybridized carbons (Fsp3) is 0.300. The number of nitrogens with zero attached hydrogens (tertiary/aromatic N) is 3. The van der Waals surface area contributed by atoms with Gasteiger partial charge >= 0.3 is 0 Å². The summed E-state index contributed by atoms with van der Waals surface area (Å²) in [6, 6.07) is 6.64. The molecule has 1 aromatic carbocycles. The summed E-state index contributed by atoms with van der Waals surface area (Å²) in [7, 11) is 0. The van der Waals surface area contributed by atoms with Crippen LogP contribution < -0.4 is 10.6 Å². The Bertz CT molecular complexity index is 979. The molecule has 7 nitrogen and oxygen atoms in total. The van der Waals surface area contributed by atoms with Crippen molar-refractivity contribution in [3.8, 4) is 0 Å². The van der Waals surface area contributed by atoms with Gasteiger partial charge in [-0.3, -0.25) is 9.59 Å². The molecular weight excluding hydrogens is 374 g/mol. The van der Waals surface area contributed by atoms with Crippen molar-refractivity contribution in [2.24, 2.45) is 0 Å². The molecule has 8 heteroatoms. The normalized spacial score (nSPS) is 14.2. The summed E-state index contributed by atoms with van der Waals surface area (Å²) in [5, 5.41) is 11.7. The Morgan fingerprint density at radius 3 is 2.54 bits per heavy atom. The van der Waals surface area contributed by atoms with Gasteiger partial charge in [0.15, 0.2) is 0 Å². The van der Waals surface area contributed by atoms with Crippen LogP contribution in [0.5, 0.6) is 0 Å². The summed E-state index contributed by atoms with van der Waals surface area (Å²) in [6.45, 7) is 1.75. The Hall–Kier alpha value is -3.00. The van der Waals surface area contributed by atoms with Crippen LogP contribution in [0.15, 0.2) is 42.3 Å². The number of fused-ring (bicyclic) bond motifs is 1. The topological polar surface area (TPSA) is 88.9 Å². The Labute approximate surface area is 166 Å². The number of anilines is 2. The number of carbonyl (C=O) groups is 2. The maximum atomic E-state index is 12.6. The molecule has 0 aliphatic heterocycles. The van der Waals surface area contributed by atoms with E-state index in [0.29, 0.717) is 11.4 Å². The zero-order chi connectivity index (χ0) is 19.5. The molecule has 1 atom stereocenters. The van der Waals surface area contributed by atoms with Crippen LogP contribution in [0.3, 0.4) is 0 Å². The number of amides is 2. The van der Waals surface area contributed by atoms with Crippen molar-refractivity contribution >= 4 is 34.5 Å². The standard InChI is InChI=1S/C20H21N5O2S/c1-13(25-12-21-11-22-25)19(26)23-14-6-8-15(9-7-14)24-20(27)17-10-28-18-5-3-2-4-16(17)18/h6-13H,2-5H2,1H3,(H,23,26)(H,24,27)/t13-/m0/s1. The molecule has 0 unspecified atom stereocenters. The van der Waals surface area contributed by atoms with Crippen LogP contribution in [0.25, 0.3) is 0 Å². The molecule has 0 saturated carbocycles. The molecule has 1 aliphatic rings. The van der Waals surface area contributed by atoms with E-state index >= 15 is 0 Å². The fourth-order valence-electron chi connectivity index (χ4n) is 3.30. The predicted octanol–water partition coefficient (Wildman–Crippen LogP) is 3.67. The van der Waals surface area contributed by atoms with Crippen molar-refractivity contribution in [1.82, 2.24) is 14.8 Å². The fourth-order valence-corrected chi connectivity index (χ4v) is 4.43. The first-order valence-electron chi connectivity index (χ1n) is 9.27. The molecule has 0 radical (unpaired) electrons. The van der Waals surface area contributed by atoms with E-state index in [2.05, 4.69) is 20.7 Å². The van der Waals surface area contributed by atoms with E-state index in [4.69, 9.17) is 0 Å². The van der Waals surface area contributed by atoms with Gasteiger partial charge in [0.1, 0.15) is 18.7 Å². The molecule has 1 aliphatic carbocycles. The number of nitrogens with one attached hydrogen (secondary N) is 2. The quantitative estimate of drug-likeness (QED) is 0.690. The zero-order valence-corrected chi connectivity index (χ0v) is 16.3. The lowest BCUT2D eigenvalue weighted by Gasteiger charge is -2.14.